The Kier molecular flexibility index (Phi) is 2.63. The quantitative estimate of drug-likeness (QED) is 0.752. The first-order valence-corrected chi connectivity index (χ1v) is 4.86. The summed E-state index contributed by atoms with van der Waals surface area (Å²) in [7, 11) is 0. The number of rotatable bonds is 2. The molecule has 3 heteroatoms. The van der Waals surface area contributed by atoms with Crippen LogP contribution in [-0.2, 0) is 6.42 Å². The summed E-state index contributed by atoms with van der Waals surface area (Å²) in [5.74, 6) is 0. The smallest absolute Gasteiger partial charge is 0.115 e. The molecule has 76 valence electrons. The molecule has 15 heavy (non-hydrogen) atoms. The van der Waals surface area contributed by atoms with Crippen molar-refractivity contribution < 1.29 is 0 Å². The van der Waals surface area contributed by atoms with Crippen LogP contribution in [0, 0.1) is 6.92 Å². The predicted molar refractivity (Wildman–Crippen MR) is 60.4 cm³/mol. The van der Waals surface area contributed by atoms with Gasteiger partial charge in [0.1, 0.15) is 6.33 Å². The van der Waals surface area contributed by atoms with Crippen LogP contribution in [0.15, 0.2) is 36.7 Å². The molecule has 0 bridgehead atoms. The molecule has 0 saturated carbocycles. The second kappa shape index (κ2) is 4.09. The molecule has 0 amide bonds. The molecule has 2 rings (SSSR count). The van der Waals surface area contributed by atoms with Gasteiger partial charge in [0, 0.05) is 23.5 Å². The maximum absolute atomic E-state index is 5.62. The van der Waals surface area contributed by atoms with Crippen LogP contribution in [0.5, 0.6) is 0 Å². The van der Waals surface area contributed by atoms with Gasteiger partial charge in [-0.25, -0.2) is 9.97 Å². The number of nitrogens with two attached hydrogens (primary N) is 1. The van der Waals surface area contributed by atoms with Gasteiger partial charge < -0.3 is 5.73 Å². The summed E-state index contributed by atoms with van der Waals surface area (Å²) in [4.78, 5) is 8.28. The van der Waals surface area contributed by atoms with Gasteiger partial charge in [-0.3, -0.25) is 0 Å². The number of nitrogen functional groups attached to an aromatic ring is 1. The first-order chi connectivity index (χ1) is 7.24. The molecule has 2 N–H and O–H groups in total. The molecule has 0 fully saturated rings. The number of anilines is 1. The number of hydrogen-bond acceptors (Lipinski definition) is 3. The number of nitrogens with zero attached hydrogens (tertiary/aromatic N) is 2. The van der Waals surface area contributed by atoms with Gasteiger partial charge in [-0.1, -0.05) is 12.1 Å². The predicted octanol–water partition coefficient (Wildman–Crippen LogP) is 1.96. The lowest BCUT2D eigenvalue weighted by atomic mass is 10.1. The second-order valence-corrected chi connectivity index (χ2v) is 3.57. The highest BCUT2D eigenvalue weighted by Gasteiger charge is 1.98. The zero-order chi connectivity index (χ0) is 10.7. The van der Waals surface area contributed by atoms with Crippen LogP contribution < -0.4 is 5.73 Å². The van der Waals surface area contributed by atoms with E-state index in [1.165, 1.54) is 5.56 Å². The van der Waals surface area contributed by atoms with Crippen molar-refractivity contribution in [1.82, 2.24) is 9.97 Å². The van der Waals surface area contributed by atoms with Gasteiger partial charge in [-0.05, 0) is 30.7 Å². The Hall–Kier alpha value is -1.90. The largest absolute Gasteiger partial charge is 0.399 e. The maximum Gasteiger partial charge on any atom is 0.115 e. The number of aryl methyl sites for hydroxylation is 1. The van der Waals surface area contributed by atoms with Crippen molar-refractivity contribution in [2.75, 3.05) is 5.73 Å². The third-order valence-corrected chi connectivity index (χ3v) is 2.23. The summed E-state index contributed by atoms with van der Waals surface area (Å²) >= 11 is 0. The van der Waals surface area contributed by atoms with Crippen LogP contribution in [0.25, 0.3) is 0 Å². The van der Waals surface area contributed by atoms with Crippen LogP contribution in [0.4, 0.5) is 5.69 Å². The molecular weight excluding hydrogens is 186 g/mol. The summed E-state index contributed by atoms with van der Waals surface area (Å²) < 4.78 is 0. The highest BCUT2D eigenvalue weighted by molar-refractivity contribution is 5.40. The van der Waals surface area contributed by atoms with Crippen molar-refractivity contribution in [1.29, 1.82) is 0 Å². The van der Waals surface area contributed by atoms with Crippen molar-refractivity contribution in [2.24, 2.45) is 0 Å². The molecule has 1 heterocycles. The maximum atomic E-state index is 5.62. The van der Waals surface area contributed by atoms with Crippen molar-refractivity contribution in [3.63, 3.8) is 0 Å². The van der Waals surface area contributed by atoms with E-state index in [2.05, 4.69) is 9.97 Å². The first-order valence-electron chi connectivity index (χ1n) is 4.86. The summed E-state index contributed by atoms with van der Waals surface area (Å²) in [6.07, 6.45) is 2.42. The third kappa shape index (κ3) is 2.53. The van der Waals surface area contributed by atoms with Crippen molar-refractivity contribution in [3.05, 3.63) is 53.6 Å². The summed E-state index contributed by atoms with van der Waals surface area (Å²) in [6.45, 7) is 1.97. The van der Waals surface area contributed by atoms with Gasteiger partial charge in [-0.2, -0.15) is 0 Å². The number of aromatic nitrogens is 2. The van der Waals surface area contributed by atoms with E-state index >= 15 is 0 Å². The normalized spacial score (nSPS) is 10.2. The zero-order valence-electron chi connectivity index (χ0n) is 8.64. The van der Waals surface area contributed by atoms with Crippen LogP contribution >= 0.6 is 0 Å². The monoisotopic (exact) mass is 199 g/mol. The van der Waals surface area contributed by atoms with E-state index in [0.717, 1.165) is 23.5 Å². The van der Waals surface area contributed by atoms with E-state index < -0.39 is 0 Å². The van der Waals surface area contributed by atoms with Crippen LogP contribution in [0.3, 0.4) is 0 Å². The molecule has 0 aliphatic carbocycles. The van der Waals surface area contributed by atoms with Crippen molar-refractivity contribution in [3.8, 4) is 0 Å². The molecule has 0 aliphatic heterocycles. The summed E-state index contributed by atoms with van der Waals surface area (Å²) in [6, 6.07) is 9.85. The lowest BCUT2D eigenvalue weighted by Crippen LogP contribution is -1.95. The minimum atomic E-state index is 0.789. The first kappa shape index (κ1) is 9.65. The number of hydrogen-bond donors (Lipinski definition) is 1. The lowest BCUT2D eigenvalue weighted by molar-refractivity contribution is 0.999. The van der Waals surface area contributed by atoms with E-state index in [1.807, 2.05) is 37.3 Å². The number of benzene rings is 1. The SMILES string of the molecule is Cc1cc(Cc2ccc(N)cc2)ncn1. The van der Waals surface area contributed by atoms with Gasteiger partial charge in [0.2, 0.25) is 0 Å². The fourth-order valence-electron chi connectivity index (χ4n) is 1.45. The van der Waals surface area contributed by atoms with E-state index in [-0.39, 0.29) is 0 Å². The molecule has 1 aromatic carbocycles. The molecule has 0 saturated heterocycles. The van der Waals surface area contributed by atoms with Gasteiger partial charge in [-0.15, -0.1) is 0 Å². The lowest BCUT2D eigenvalue weighted by Gasteiger charge is -2.02. The van der Waals surface area contributed by atoms with Crippen molar-refractivity contribution >= 4 is 5.69 Å². The topological polar surface area (TPSA) is 51.8 Å². The molecule has 3 nitrogen and oxygen atoms in total. The Balaban J connectivity index is 2.18. The molecule has 0 unspecified atom stereocenters. The zero-order valence-corrected chi connectivity index (χ0v) is 8.64. The third-order valence-electron chi connectivity index (χ3n) is 2.23. The van der Waals surface area contributed by atoms with Gasteiger partial charge in [0.15, 0.2) is 0 Å². The minimum absolute atomic E-state index is 0.789. The van der Waals surface area contributed by atoms with E-state index in [0.29, 0.717) is 0 Å². The van der Waals surface area contributed by atoms with Gasteiger partial charge >= 0.3 is 0 Å². The van der Waals surface area contributed by atoms with E-state index in [4.69, 9.17) is 5.73 Å². The standard InChI is InChI=1S/C12H13N3/c1-9-6-12(15-8-14-9)7-10-2-4-11(13)5-3-10/h2-6,8H,7,13H2,1H3. The van der Waals surface area contributed by atoms with E-state index in [1.54, 1.807) is 6.33 Å². The van der Waals surface area contributed by atoms with Crippen LogP contribution in [-0.4, -0.2) is 9.97 Å². The van der Waals surface area contributed by atoms with E-state index in [9.17, 15) is 0 Å². The Morgan fingerprint density at radius 2 is 1.87 bits per heavy atom. The van der Waals surface area contributed by atoms with Crippen LogP contribution in [0.2, 0.25) is 0 Å². The Bertz CT molecular complexity index is 449. The Morgan fingerprint density at radius 1 is 1.13 bits per heavy atom. The fourth-order valence-corrected chi connectivity index (χ4v) is 1.45. The van der Waals surface area contributed by atoms with Crippen molar-refractivity contribution in [2.45, 2.75) is 13.3 Å². The molecular formula is C12H13N3. The van der Waals surface area contributed by atoms with Gasteiger partial charge in [0.25, 0.3) is 0 Å². The summed E-state index contributed by atoms with van der Waals surface area (Å²) in [5, 5.41) is 0. The molecule has 0 aliphatic rings. The van der Waals surface area contributed by atoms with Gasteiger partial charge in [0.05, 0.1) is 0 Å². The molecule has 2 aromatic rings. The molecule has 0 spiro atoms. The highest BCUT2D eigenvalue weighted by atomic mass is 14.8. The molecule has 1 aromatic heterocycles. The Morgan fingerprint density at radius 3 is 2.53 bits per heavy atom. The Labute approximate surface area is 89.0 Å². The minimum Gasteiger partial charge on any atom is -0.399 e. The average Bonchev–Trinajstić information content (AvgIpc) is 2.22. The molecule has 0 atom stereocenters. The summed E-state index contributed by atoms with van der Waals surface area (Å²) in [5.41, 5.74) is 9.65. The highest BCUT2D eigenvalue weighted by Crippen LogP contribution is 2.10. The fraction of sp³-hybridized carbons (Fsp3) is 0.167. The second-order valence-electron chi connectivity index (χ2n) is 3.57. The van der Waals surface area contributed by atoms with Crippen LogP contribution in [0.1, 0.15) is 17.0 Å². The molecule has 0 radical (unpaired) electrons. The average molecular weight is 199 g/mol.